The van der Waals surface area contributed by atoms with Crippen LogP contribution in [0, 0.1) is 5.92 Å². The lowest BCUT2D eigenvalue weighted by molar-refractivity contribution is -0.118. The Morgan fingerprint density at radius 1 is 1.08 bits per heavy atom. The number of anilines is 1. The number of hydrogen-bond acceptors (Lipinski definition) is 2. The first kappa shape index (κ1) is 16.7. The molecule has 3 heteroatoms. The maximum Gasteiger partial charge on any atom is 0.241 e. The Morgan fingerprint density at radius 2 is 1.75 bits per heavy atom. The van der Waals surface area contributed by atoms with Crippen LogP contribution in [-0.2, 0) is 11.2 Å². The van der Waals surface area contributed by atoms with Crippen LogP contribution in [0.5, 0.6) is 0 Å². The zero-order chi connectivity index (χ0) is 16.9. The maximum atomic E-state index is 12.5. The molecule has 1 amide bonds. The lowest BCUT2D eigenvalue weighted by Gasteiger charge is -2.23. The van der Waals surface area contributed by atoms with Crippen LogP contribution in [0.2, 0.25) is 0 Å². The van der Waals surface area contributed by atoms with Gasteiger partial charge in [0.1, 0.15) is 0 Å². The molecular weight excluding hydrogens is 296 g/mol. The van der Waals surface area contributed by atoms with Crippen LogP contribution in [0.3, 0.4) is 0 Å². The Labute approximate surface area is 144 Å². The number of carbonyl (C=O) groups is 1. The van der Waals surface area contributed by atoms with E-state index in [4.69, 9.17) is 0 Å². The average molecular weight is 322 g/mol. The summed E-state index contributed by atoms with van der Waals surface area (Å²) >= 11 is 0. The highest BCUT2D eigenvalue weighted by molar-refractivity contribution is 5.94. The van der Waals surface area contributed by atoms with E-state index in [1.54, 1.807) is 0 Å². The molecule has 0 unspecified atom stereocenters. The molecular formula is C21H26N2O. The Morgan fingerprint density at radius 3 is 2.33 bits per heavy atom. The molecule has 0 aromatic heterocycles. The predicted molar refractivity (Wildman–Crippen MR) is 99.0 cm³/mol. The summed E-state index contributed by atoms with van der Waals surface area (Å²) in [5.74, 6) is 0.660. The molecule has 0 bridgehead atoms. The number of hydrogen-bond donors (Lipinski definition) is 2. The van der Waals surface area contributed by atoms with Crippen molar-refractivity contribution < 1.29 is 4.79 Å². The molecule has 1 aliphatic rings. The van der Waals surface area contributed by atoms with Crippen LogP contribution in [0.1, 0.15) is 43.9 Å². The molecule has 1 aliphatic carbocycles. The molecule has 2 atom stereocenters. The molecule has 0 aliphatic heterocycles. The van der Waals surface area contributed by atoms with Gasteiger partial charge in [0.05, 0.1) is 6.04 Å². The van der Waals surface area contributed by atoms with Crippen molar-refractivity contribution in [3.8, 4) is 0 Å². The minimum atomic E-state index is -0.235. The average Bonchev–Trinajstić information content (AvgIpc) is 3.45. The molecule has 1 fully saturated rings. The topological polar surface area (TPSA) is 41.1 Å². The highest BCUT2D eigenvalue weighted by Crippen LogP contribution is 2.41. The second-order valence-electron chi connectivity index (χ2n) is 6.65. The molecule has 126 valence electrons. The molecule has 2 aromatic rings. The molecule has 2 aromatic carbocycles. The van der Waals surface area contributed by atoms with E-state index < -0.39 is 0 Å². The molecule has 0 spiro atoms. The van der Waals surface area contributed by atoms with Gasteiger partial charge in [0, 0.05) is 11.7 Å². The van der Waals surface area contributed by atoms with E-state index in [0.717, 1.165) is 12.1 Å². The lowest BCUT2D eigenvalue weighted by atomic mass is 10.0. The van der Waals surface area contributed by atoms with Gasteiger partial charge in [-0.05, 0) is 55.4 Å². The van der Waals surface area contributed by atoms with Crippen LogP contribution in [-0.4, -0.2) is 11.9 Å². The van der Waals surface area contributed by atoms with Crippen LogP contribution < -0.4 is 10.6 Å². The first-order valence-electron chi connectivity index (χ1n) is 8.88. The van der Waals surface area contributed by atoms with E-state index in [1.165, 1.54) is 24.0 Å². The van der Waals surface area contributed by atoms with Crippen molar-refractivity contribution in [2.75, 3.05) is 5.32 Å². The van der Waals surface area contributed by atoms with Crippen LogP contribution in [0.15, 0.2) is 54.6 Å². The molecule has 0 radical (unpaired) electrons. The van der Waals surface area contributed by atoms with Gasteiger partial charge in [0.15, 0.2) is 0 Å². The third-order valence-electron chi connectivity index (χ3n) is 4.70. The third kappa shape index (κ3) is 4.24. The normalized spacial score (nSPS) is 16.4. The van der Waals surface area contributed by atoms with Crippen molar-refractivity contribution in [1.29, 1.82) is 0 Å². The van der Waals surface area contributed by atoms with Crippen LogP contribution in [0.4, 0.5) is 5.69 Å². The first-order valence-corrected chi connectivity index (χ1v) is 8.88. The van der Waals surface area contributed by atoms with Gasteiger partial charge in [-0.3, -0.25) is 10.1 Å². The zero-order valence-electron chi connectivity index (χ0n) is 14.5. The molecule has 1 saturated carbocycles. The molecule has 0 saturated heterocycles. The monoisotopic (exact) mass is 322 g/mol. The number of carbonyl (C=O) groups excluding carboxylic acids is 1. The fraction of sp³-hybridized carbons (Fsp3) is 0.381. The van der Waals surface area contributed by atoms with Crippen molar-refractivity contribution in [3.05, 3.63) is 65.7 Å². The quantitative estimate of drug-likeness (QED) is 0.797. The summed E-state index contributed by atoms with van der Waals surface area (Å²) in [7, 11) is 0. The standard InChI is InChI=1S/C21H26N2O/c1-3-16-9-13-19(14-10-16)23-21(24)15(2)22-20(18-11-12-18)17-7-5-4-6-8-17/h4-10,13-15,18,20,22H,3,11-12H2,1-2H3,(H,23,24)/t15-,20+/m0/s1. The second-order valence-corrected chi connectivity index (χ2v) is 6.65. The number of benzene rings is 2. The molecule has 2 N–H and O–H groups in total. The van der Waals surface area contributed by atoms with Crippen molar-refractivity contribution >= 4 is 11.6 Å². The maximum absolute atomic E-state index is 12.5. The van der Waals surface area contributed by atoms with Gasteiger partial charge >= 0.3 is 0 Å². The fourth-order valence-electron chi connectivity index (χ4n) is 3.01. The first-order chi connectivity index (χ1) is 11.7. The van der Waals surface area contributed by atoms with Gasteiger partial charge in [-0.25, -0.2) is 0 Å². The Balaban J connectivity index is 1.62. The largest absolute Gasteiger partial charge is 0.325 e. The van der Waals surface area contributed by atoms with Gasteiger partial charge in [0.2, 0.25) is 5.91 Å². The minimum Gasteiger partial charge on any atom is -0.325 e. The fourth-order valence-corrected chi connectivity index (χ4v) is 3.01. The van der Waals surface area contributed by atoms with E-state index in [1.807, 2.05) is 25.1 Å². The van der Waals surface area contributed by atoms with Gasteiger partial charge in [-0.2, -0.15) is 0 Å². The molecule has 24 heavy (non-hydrogen) atoms. The highest BCUT2D eigenvalue weighted by atomic mass is 16.2. The summed E-state index contributed by atoms with van der Waals surface area (Å²) in [6.45, 7) is 4.06. The molecule has 0 heterocycles. The SMILES string of the molecule is CCc1ccc(NC(=O)[C@H](C)N[C@H](c2ccccc2)C2CC2)cc1. The third-order valence-corrected chi connectivity index (χ3v) is 4.70. The molecule has 3 nitrogen and oxygen atoms in total. The Hall–Kier alpha value is -2.13. The van der Waals surface area contributed by atoms with Crippen LogP contribution in [0.25, 0.3) is 0 Å². The van der Waals surface area contributed by atoms with E-state index in [9.17, 15) is 4.79 Å². The second kappa shape index (κ2) is 7.63. The summed E-state index contributed by atoms with van der Waals surface area (Å²) in [6, 6.07) is 18.5. The summed E-state index contributed by atoms with van der Waals surface area (Å²) in [5, 5.41) is 6.53. The van der Waals surface area contributed by atoms with E-state index >= 15 is 0 Å². The summed E-state index contributed by atoms with van der Waals surface area (Å²) in [4.78, 5) is 12.5. The van der Waals surface area contributed by atoms with Crippen LogP contribution >= 0.6 is 0 Å². The highest BCUT2D eigenvalue weighted by Gasteiger charge is 2.33. The number of rotatable bonds is 7. The van der Waals surface area contributed by atoms with Gasteiger partial charge in [-0.15, -0.1) is 0 Å². The van der Waals surface area contributed by atoms with E-state index in [2.05, 4.69) is 54.0 Å². The summed E-state index contributed by atoms with van der Waals surface area (Å²) < 4.78 is 0. The number of nitrogens with one attached hydrogen (secondary N) is 2. The van der Waals surface area contributed by atoms with Crippen molar-refractivity contribution in [2.45, 2.75) is 45.2 Å². The van der Waals surface area contributed by atoms with Crippen molar-refractivity contribution in [1.82, 2.24) is 5.32 Å². The van der Waals surface area contributed by atoms with Crippen molar-refractivity contribution in [2.24, 2.45) is 5.92 Å². The number of amides is 1. The lowest BCUT2D eigenvalue weighted by Crippen LogP contribution is -2.40. The Kier molecular flexibility index (Phi) is 5.31. The minimum absolute atomic E-state index is 0.0147. The predicted octanol–water partition coefficient (Wildman–Crippen LogP) is 4.32. The Bertz CT molecular complexity index is 662. The smallest absolute Gasteiger partial charge is 0.241 e. The van der Waals surface area contributed by atoms with Crippen molar-refractivity contribution in [3.63, 3.8) is 0 Å². The van der Waals surface area contributed by atoms with Gasteiger partial charge < -0.3 is 5.32 Å². The molecule has 3 rings (SSSR count). The summed E-state index contributed by atoms with van der Waals surface area (Å²) in [6.07, 6.45) is 3.48. The van der Waals surface area contributed by atoms with Gasteiger partial charge in [0.25, 0.3) is 0 Å². The summed E-state index contributed by atoms with van der Waals surface area (Å²) in [5.41, 5.74) is 3.40. The van der Waals surface area contributed by atoms with E-state index in [0.29, 0.717) is 5.92 Å². The van der Waals surface area contributed by atoms with Gasteiger partial charge in [-0.1, -0.05) is 49.4 Å². The zero-order valence-corrected chi connectivity index (χ0v) is 14.5. The van der Waals surface area contributed by atoms with E-state index in [-0.39, 0.29) is 18.0 Å². The number of aryl methyl sites for hydroxylation is 1.